The van der Waals surface area contributed by atoms with E-state index in [1.807, 2.05) is 32.9 Å². The van der Waals surface area contributed by atoms with E-state index in [4.69, 9.17) is 0 Å². The highest BCUT2D eigenvalue weighted by atomic mass is 32.2. The van der Waals surface area contributed by atoms with E-state index in [-0.39, 0.29) is 16.9 Å². The largest absolute Gasteiger partial charge is 0.336 e. The lowest BCUT2D eigenvalue weighted by Gasteiger charge is -2.29. The van der Waals surface area contributed by atoms with Crippen LogP contribution in [0.5, 0.6) is 0 Å². The van der Waals surface area contributed by atoms with Crippen LogP contribution in [0.2, 0.25) is 0 Å². The minimum atomic E-state index is -3.67. The fraction of sp³-hybridized carbons (Fsp3) is 0.833. The topological polar surface area (TPSA) is 55.4 Å². The van der Waals surface area contributed by atoms with Gasteiger partial charge in [0.15, 0.2) is 0 Å². The fourth-order valence-corrected chi connectivity index (χ4v) is 1.93. The maximum atomic E-state index is 11.4. The molecule has 0 bridgehead atoms. The third-order valence-corrected chi connectivity index (χ3v) is 3.19. The van der Waals surface area contributed by atoms with Crippen molar-refractivity contribution in [3.63, 3.8) is 0 Å². The van der Waals surface area contributed by atoms with Crippen LogP contribution in [-0.4, -0.2) is 21.6 Å². The van der Waals surface area contributed by atoms with Gasteiger partial charge < -0.3 is 0 Å². The van der Waals surface area contributed by atoms with Crippen molar-refractivity contribution < 1.29 is 12.6 Å². The molecule has 0 aliphatic rings. The van der Waals surface area contributed by atoms with Crippen molar-refractivity contribution in [2.24, 2.45) is 10.8 Å². The summed E-state index contributed by atoms with van der Waals surface area (Å²) in [5, 5.41) is 0. The SMILES string of the molecule is COS(=O)(=O)NC(/C=C/C(C)(C)C)C(C)(C)C. The monoisotopic (exact) mass is 263 g/mol. The molecule has 0 aromatic rings. The number of hydrogen-bond donors (Lipinski definition) is 1. The van der Waals surface area contributed by atoms with Crippen molar-refractivity contribution >= 4 is 10.3 Å². The molecule has 4 nitrogen and oxygen atoms in total. The first-order chi connectivity index (χ1) is 7.37. The van der Waals surface area contributed by atoms with E-state index in [0.717, 1.165) is 7.11 Å². The molecular formula is C12H25NO3S. The fourth-order valence-electron chi connectivity index (χ4n) is 1.09. The second kappa shape index (κ2) is 5.50. The van der Waals surface area contributed by atoms with Crippen molar-refractivity contribution in [2.45, 2.75) is 47.6 Å². The number of nitrogens with one attached hydrogen (secondary N) is 1. The Labute approximate surface area is 106 Å². The third-order valence-electron chi connectivity index (χ3n) is 2.21. The third kappa shape index (κ3) is 7.52. The van der Waals surface area contributed by atoms with Crippen LogP contribution in [0.4, 0.5) is 0 Å². The van der Waals surface area contributed by atoms with Gasteiger partial charge in [-0.3, -0.25) is 4.18 Å². The van der Waals surface area contributed by atoms with Crippen molar-refractivity contribution in [3.05, 3.63) is 12.2 Å². The van der Waals surface area contributed by atoms with Crippen LogP contribution in [0, 0.1) is 10.8 Å². The van der Waals surface area contributed by atoms with Gasteiger partial charge in [0, 0.05) is 6.04 Å². The van der Waals surface area contributed by atoms with Crippen molar-refractivity contribution in [1.82, 2.24) is 4.72 Å². The van der Waals surface area contributed by atoms with Gasteiger partial charge in [-0.25, -0.2) is 0 Å². The van der Waals surface area contributed by atoms with Crippen molar-refractivity contribution in [1.29, 1.82) is 0 Å². The van der Waals surface area contributed by atoms with E-state index in [1.165, 1.54) is 0 Å². The molecule has 0 fully saturated rings. The van der Waals surface area contributed by atoms with E-state index in [9.17, 15) is 8.42 Å². The van der Waals surface area contributed by atoms with Crippen LogP contribution in [0.3, 0.4) is 0 Å². The van der Waals surface area contributed by atoms with Gasteiger partial charge in [-0.1, -0.05) is 53.7 Å². The Morgan fingerprint density at radius 2 is 1.59 bits per heavy atom. The van der Waals surface area contributed by atoms with E-state index in [1.54, 1.807) is 0 Å². The molecule has 0 aromatic carbocycles. The quantitative estimate of drug-likeness (QED) is 0.793. The Bertz CT molecular complexity index is 358. The van der Waals surface area contributed by atoms with Crippen molar-refractivity contribution in [3.8, 4) is 0 Å². The molecule has 0 heterocycles. The Kier molecular flexibility index (Phi) is 5.38. The predicted molar refractivity (Wildman–Crippen MR) is 70.9 cm³/mol. The summed E-state index contributed by atoms with van der Waals surface area (Å²) in [6, 6.07) is -0.299. The molecule has 0 rings (SSSR count). The van der Waals surface area contributed by atoms with Crippen LogP contribution in [-0.2, 0) is 14.5 Å². The normalized spacial score (nSPS) is 16.4. The summed E-state index contributed by atoms with van der Waals surface area (Å²) in [5.74, 6) is 0. The minimum Gasteiger partial charge on any atom is -0.261 e. The first-order valence-corrected chi connectivity index (χ1v) is 7.05. The van der Waals surface area contributed by atoms with Crippen LogP contribution < -0.4 is 4.72 Å². The van der Waals surface area contributed by atoms with Gasteiger partial charge in [0.2, 0.25) is 0 Å². The molecule has 17 heavy (non-hydrogen) atoms. The van der Waals surface area contributed by atoms with Gasteiger partial charge in [0.05, 0.1) is 7.11 Å². The van der Waals surface area contributed by atoms with Gasteiger partial charge in [0.1, 0.15) is 0 Å². The molecule has 1 atom stereocenters. The lowest BCUT2D eigenvalue weighted by molar-refractivity contribution is 0.318. The maximum Gasteiger partial charge on any atom is 0.336 e. The zero-order valence-corrected chi connectivity index (χ0v) is 12.7. The molecule has 0 radical (unpaired) electrons. The molecular weight excluding hydrogens is 238 g/mol. The summed E-state index contributed by atoms with van der Waals surface area (Å²) < 4.78 is 29.8. The first-order valence-electron chi connectivity index (χ1n) is 5.65. The highest BCUT2D eigenvalue weighted by molar-refractivity contribution is 7.84. The summed E-state index contributed by atoms with van der Waals surface area (Å²) in [6.07, 6.45) is 3.89. The first kappa shape index (κ1) is 16.6. The van der Waals surface area contributed by atoms with E-state index in [0.29, 0.717) is 0 Å². The van der Waals surface area contributed by atoms with Crippen LogP contribution in [0.15, 0.2) is 12.2 Å². The lowest BCUT2D eigenvalue weighted by Crippen LogP contribution is -2.42. The number of hydrogen-bond acceptors (Lipinski definition) is 3. The van der Waals surface area contributed by atoms with Gasteiger partial charge in [-0.15, -0.1) is 0 Å². The highest BCUT2D eigenvalue weighted by Gasteiger charge is 2.27. The summed E-state index contributed by atoms with van der Waals surface area (Å²) in [7, 11) is -2.52. The summed E-state index contributed by atoms with van der Waals surface area (Å²) in [6.45, 7) is 12.1. The van der Waals surface area contributed by atoms with Gasteiger partial charge in [0.25, 0.3) is 0 Å². The Hall–Kier alpha value is -0.390. The Balaban J connectivity index is 5.00. The zero-order chi connectivity index (χ0) is 13.9. The molecule has 1 N–H and O–H groups in total. The van der Waals surface area contributed by atoms with Gasteiger partial charge in [-0.2, -0.15) is 13.1 Å². The molecule has 0 aliphatic carbocycles. The minimum absolute atomic E-state index is 0.0159. The average Bonchev–Trinajstić information content (AvgIpc) is 2.09. The number of allylic oxidation sites excluding steroid dienone is 1. The molecule has 102 valence electrons. The molecule has 5 heteroatoms. The average molecular weight is 263 g/mol. The molecule has 0 aromatic heterocycles. The van der Waals surface area contributed by atoms with E-state index >= 15 is 0 Å². The lowest BCUT2D eigenvalue weighted by atomic mass is 9.85. The summed E-state index contributed by atoms with van der Waals surface area (Å²) in [4.78, 5) is 0. The Morgan fingerprint density at radius 3 is 1.88 bits per heavy atom. The second-order valence-corrected chi connectivity index (χ2v) is 7.78. The van der Waals surface area contributed by atoms with E-state index in [2.05, 4.69) is 29.7 Å². The Morgan fingerprint density at radius 1 is 1.12 bits per heavy atom. The van der Waals surface area contributed by atoms with Crippen LogP contribution in [0.1, 0.15) is 41.5 Å². The predicted octanol–water partition coefficient (Wildman–Crippen LogP) is 2.48. The zero-order valence-electron chi connectivity index (χ0n) is 11.9. The molecule has 0 saturated heterocycles. The van der Waals surface area contributed by atoms with Gasteiger partial charge >= 0.3 is 10.3 Å². The van der Waals surface area contributed by atoms with Crippen LogP contribution in [0.25, 0.3) is 0 Å². The summed E-state index contributed by atoms with van der Waals surface area (Å²) in [5.41, 5.74) is -0.199. The second-order valence-electron chi connectivity index (χ2n) is 6.31. The standard InChI is InChI=1S/C12H25NO3S/c1-11(2,3)9-8-10(12(4,5)6)13-17(14,15)16-7/h8-10,13H,1-7H3/b9-8+. The smallest absolute Gasteiger partial charge is 0.261 e. The van der Waals surface area contributed by atoms with E-state index < -0.39 is 10.3 Å². The van der Waals surface area contributed by atoms with Crippen LogP contribution >= 0.6 is 0 Å². The molecule has 0 spiro atoms. The highest BCUT2D eigenvalue weighted by Crippen LogP contribution is 2.23. The molecule has 1 unspecified atom stereocenters. The molecule has 0 amide bonds. The summed E-state index contributed by atoms with van der Waals surface area (Å²) >= 11 is 0. The van der Waals surface area contributed by atoms with Gasteiger partial charge in [-0.05, 0) is 10.8 Å². The number of rotatable bonds is 4. The molecule has 0 aliphatic heterocycles. The van der Waals surface area contributed by atoms with Crippen molar-refractivity contribution in [2.75, 3.05) is 7.11 Å². The molecule has 0 saturated carbocycles. The maximum absolute atomic E-state index is 11.4.